The molecule has 0 amide bonds. The van der Waals surface area contributed by atoms with Crippen LogP contribution in [0.15, 0.2) is 36.5 Å². The van der Waals surface area contributed by atoms with Crippen molar-refractivity contribution in [1.82, 2.24) is 9.97 Å². The van der Waals surface area contributed by atoms with Crippen LogP contribution in [0.3, 0.4) is 0 Å². The van der Waals surface area contributed by atoms with Crippen LogP contribution in [0.4, 0.5) is 4.39 Å². The molecule has 2 aromatic heterocycles. The van der Waals surface area contributed by atoms with Gasteiger partial charge in [0.05, 0.1) is 14.7 Å². The van der Waals surface area contributed by atoms with Crippen molar-refractivity contribution in [2.75, 3.05) is 0 Å². The lowest BCUT2D eigenvalue weighted by atomic mass is 10.3. The lowest BCUT2D eigenvalue weighted by Gasteiger charge is -1.91. The van der Waals surface area contributed by atoms with E-state index in [9.17, 15) is 4.39 Å². The van der Waals surface area contributed by atoms with Gasteiger partial charge >= 0.3 is 0 Å². The molecule has 0 unspecified atom stereocenters. The summed E-state index contributed by atoms with van der Waals surface area (Å²) in [6, 6.07) is 8.51. The van der Waals surface area contributed by atoms with E-state index in [1.165, 1.54) is 17.4 Å². The molecule has 0 aliphatic carbocycles. The van der Waals surface area contributed by atoms with Crippen molar-refractivity contribution in [1.29, 1.82) is 0 Å². The van der Waals surface area contributed by atoms with E-state index in [4.69, 9.17) is 11.6 Å². The number of rotatable bonds is 2. The number of pyridine rings is 1. The normalized spacial score (nSPS) is 10.4. The van der Waals surface area contributed by atoms with Gasteiger partial charge in [0, 0.05) is 19.0 Å². The van der Waals surface area contributed by atoms with Crippen LogP contribution >= 0.6 is 22.9 Å². The Morgan fingerprint density at radius 3 is 2.90 bits per heavy atom. The Bertz CT molecular complexity index is 795. The highest BCUT2D eigenvalue weighted by molar-refractivity contribution is 7.19. The minimum atomic E-state index is -0.337. The number of fused-ring (bicyclic) bond motifs is 1. The third-order valence-corrected chi connectivity index (χ3v) is 4.41. The molecule has 104 valence electrons. The summed E-state index contributed by atoms with van der Waals surface area (Å²) in [5, 5.41) is 1.38. The van der Waals surface area contributed by atoms with Gasteiger partial charge in [-0.15, -0.1) is 11.3 Å². The highest BCUT2D eigenvalue weighted by atomic mass is 35.5. The summed E-state index contributed by atoms with van der Waals surface area (Å²) >= 11 is 7.47. The molecular weight excluding hydrogens is 307 g/mol. The molecule has 0 fully saturated rings. The third kappa shape index (κ3) is 3.21. The number of benzene rings is 1. The van der Waals surface area contributed by atoms with Gasteiger partial charge in [-0.05, 0) is 30.2 Å². The van der Waals surface area contributed by atoms with E-state index >= 15 is 0 Å². The van der Waals surface area contributed by atoms with Crippen LogP contribution < -0.4 is 0 Å². The van der Waals surface area contributed by atoms with Crippen LogP contribution in [0.25, 0.3) is 10.2 Å². The predicted octanol–water partition coefficient (Wildman–Crippen LogP) is 4.47. The molecule has 0 bridgehead atoms. The van der Waals surface area contributed by atoms with Crippen LogP contribution in [0.1, 0.15) is 17.1 Å². The van der Waals surface area contributed by atoms with Gasteiger partial charge in [-0.2, -0.15) is 0 Å². The fourth-order valence-electron chi connectivity index (χ4n) is 1.86. The third-order valence-electron chi connectivity index (χ3n) is 2.84. The van der Waals surface area contributed by atoms with Crippen LogP contribution in [-0.2, 0) is 6.42 Å². The Morgan fingerprint density at radius 1 is 1.24 bits per heavy atom. The SMILES string of the molecule is Fc1ccc(Cl)c2sc(CCC#Cc3ccccn3)nc12. The molecule has 0 aliphatic rings. The average Bonchev–Trinajstić information content (AvgIpc) is 2.94. The Kier molecular flexibility index (Phi) is 4.14. The zero-order chi connectivity index (χ0) is 14.7. The molecule has 3 rings (SSSR count). The van der Waals surface area contributed by atoms with Crippen molar-refractivity contribution in [2.45, 2.75) is 12.8 Å². The topological polar surface area (TPSA) is 25.8 Å². The monoisotopic (exact) mass is 316 g/mol. The Morgan fingerprint density at radius 2 is 2.14 bits per heavy atom. The second kappa shape index (κ2) is 6.21. The largest absolute Gasteiger partial charge is 0.248 e. The van der Waals surface area contributed by atoms with Crippen LogP contribution in [-0.4, -0.2) is 9.97 Å². The zero-order valence-electron chi connectivity index (χ0n) is 10.9. The zero-order valence-corrected chi connectivity index (χ0v) is 12.5. The maximum atomic E-state index is 13.6. The van der Waals surface area contributed by atoms with Crippen LogP contribution in [0, 0.1) is 17.7 Å². The Hall–Kier alpha value is -1.96. The van der Waals surface area contributed by atoms with Crippen molar-refractivity contribution in [3.63, 3.8) is 0 Å². The number of hydrogen-bond donors (Lipinski definition) is 0. The first-order chi connectivity index (χ1) is 10.2. The van der Waals surface area contributed by atoms with E-state index in [1.807, 2.05) is 18.2 Å². The number of aryl methyl sites for hydroxylation is 1. The van der Waals surface area contributed by atoms with Gasteiger partial charge in [0.2, 0.25) is 0 Å². The van der Waals surface area contributed by atoms with E-state index in [0.29, 0.717) is 28.1 Å². The standard InChI is InChI=1S/C16H10ClFN2S/c17-12-8-9-13(18)15-16(12)21-14(20-15)7-2-1-5-11-6-3-4-10-19-11/h3-4,6,8-10H,2,7H2. The van der Waals surface area contributed by atoms with Gasteiger partial charge in [0.1, 0.15) is 17.0 Å². The van der Waals surface area contributed by atoms with E-state index in [0.717, 1.165) is 10.7 Å². The van der Waals surface area contributed by atoms with Gasteiger partial charge in [-0.25, -0.2) is 14.4 Å². The summed E-state index contributed by atoms with van der Waals surface area (Å²) in [7, 11) is 0. The summed E-state index contributed by atoms with van der Waals surface area (Å²) in [6.07, 6.45) is 3.03. The average molecular weight is 317 g/mol. The molecule has 3 aromatic rings. The summed E-state index contributed by atoms with van der Waals surface area (Å²) in [4.78, 5) is 8.42. The second-order valence-corrected chi connectivity index (χ2v) is 5.82. The van der Waals surface area contributed by atoms with Crippen molar-refractivity contribution >= 4 is 33.2 Å². The van der Waals surface area contributed by atoms with E-state index in [2.05, 4.69) is 21.8 Å². The van der Waals surface area contributed by atoms with Gasteiger partial charge in [0.15, 0.2) is 0 Å². The molecule has 0 atom stereocenters. The minimum absolute atomic E-state index is 0.337. The first-order valence-corrected chi connectivity index (χ1v) is 7.57. The summed E-state index contributed by atoms with van der Waals surface area (Å²) < 4.78 is 14.3. The van der Waals surface area contributed by atoms with Gasteiger partial charge in [0.25, 0.3) is 0 Å². The Labute approximate surface area is 130 Å². The molecule has 0 aliphatic heterocycles. The molecular formula is C16H10ClFN2S. The fraction of sp³-hybridized carbons (Fsp3) is 0.125. The summed E-state index contributed by atoms with van der Waals surface area (Å²) in [5.41, 5.74) is 1.09. The number of halogens is 2. The van der Waals surface area contributed by atoms with Crippen molar-refractivity contribution in [3.05, 3.63) is 58.1 Å². The molecule has 0 spiro atoms. The molecule has 5 heteroatoms. The minimum Gasteiger partial charge on any atom is -0.248 e. The molecule has 1 aromatic carbocycles. The van der Waals surface area contributed by atoms with Crippen LogP contribution in [0.5, 0.6) is 0 Å². The molecule has 2 heterocycles. The van der Waals surface area contributed by atoms with Gasteiger partial charge in [-0.3, -0.25) is 0 Å². The predicted molar refractivity (Wildman–Crippen MR) is 84.0 cm³/mol. The fourth-order valence-corrected chi connectivity index (χ4v) is 3.11. The molecule has 0 saturated carbocycles. The highest BCUT2D eigenvalue weighted by Crippen LogP contribution is 2.31. The molecule has 0 radical (unpaired) electrons. The van der Waals surface area contributed by atoms with Gasteiger partial charge < -0.3 is 0 Å². The van der Waals surface area contributed by atoms with E-state index < -0.39 is 0 Å². The van der Waals surface area contributed by atoms with Crippen molar-refractivity contribution in [3.8, 4) is 11.8 Å². The van der Waals surface area contributed by atoms with Crippen molar-refractivity contribution < 1.29 is 4.39 Å². The van der Waals surface area contributed by atoms with Gasteiger partial charge in [-0.1, -0.05) is 23.6 Å². The summed E-state index contributed by atoms with van der Waals surface area (Å²) in [5.74, 6) is 5.70. The highest BCUT2D eigenvalue weighted by Gasteiger charge is 2.10. The lowest BCUT2D eigenvalue weighted by Crippen LogP contribution is -1.83. The Balaban J connectivity index is 1.73. The lowest BCUT2D eigenvalue weighted by molar-refractivity contribution is 0.637. The maximum Gasteiger partial charge on any atom is 0.150 e. The first-order valence-electron chi connectivity index (χ1n) is 6.37. The smallest absolute Gasteiger partial charge is 0.150 e. The molecule has 2 nitrogen and oxygen atoms in total. The van der Waals surface area contributed by atoms with Crippen molar-refractivity contribution in [2.24, 2.45) is 0 Å². The molecule has 0 N–H and O–H groups in total. The maximum absolute atomic E-state index is 13.6. The number of nitrogens with zero attached hydrogens (tertiary/aromatic N) is 2. The van der Waals surface area contributed by atoms with E-state index in [-0.39, 0.29) is 5.82 Å². The molecule has 0 saturated heterocycles. The quantitative estimate of drug-likeness (QED) is 0.652. The second-order valence-electron chi connectivity index (χ2n) is 4.33. The van der Waals surface area contributed by atoms with Crippen LogP contribution in [0.2, 0.25) is 5.02 Å². The number of hydrogen-bond acceptors (Lipinski definition) is 3. The molecule has 21 heavy (non-hydrogen) atoms. The number of aromatic nitrogens is 2. The number of thiazole rings is 1. The first kappa shape index (κ1) is 14.0. The van der Waals surface area contributed by atoms with E-state index in [1.54, 1.807) is 12.3 Å². The summed E-state index contributed by atoms with van der Waals surface area (Å²) in [6.45, 7) is 0.